The van der Waals surface area contributed by atoms with Crippen molar-refractivity contribution in [2.75, 3.05) is 13.2 Å². The SMILES string of the molecule is CC(C)C(C)NC(=O)CNC1CCCC1CO. The summed E-state index contributed by atoms with van der Waals surface area (Å²) in [6, 6.07) is 0.515. The molecule has 0 heterocycles. The van der Waals surface area contributed by atoms with Crippen LogP contribution in [0.4, 0.5) is 0 Å². The smallest absolute Gasteiger partial charge is 0.234 e. The van der Waals surface area contributed by atoms with Gasteiger partial charge in [0, 0.05) is 18.7 Å². The van der Waals surface area contributed by atoms with Gasteiger partial charge < -0.3 is 15.7 Å². The predicted octanol–water partition coefficient (Wildman–Crippen LogP) is 0.898. The van der Waals surface area contributed by atoms with Crippen molar-refractivity contribution in [2.45, 2.75) is 52.1 Å². The van der Waals surface area contributed by atoms with E-state index in [9.17, 15) is 9.90 Å². The van der Waals surface area contributed by atoms with Gasteiger partial charge in [-0.3, -0.25) is 4.79 Å². The van der Waals surface area contributed by atoms with Gasteiger partial charge in [0.2, 0.25) is 5.91 Å². The fourth-order valence-electron chi connectivity index (χ4n) is 2.22. The van der Waals surface area contributed by atoms with Crippen molar-refractivity contribution in [1.82, 2.24) is 10.6 Å². The van der Waals surface area contributed by atoms with Crippen LogP contribution < -0.4 is 10.6 Å². The zero-order valence-corrected chi connectivity index (χ0v) is 11.2. The molecule has 17 heavy (non-hydrogen) atoms. The molecule has 1 rings (SSSR count). The quantitative estimate of drug-likeness (QED) is 0.648. The molecule has 0 saturated heterocycles. The fourth-order valence-corrected chi connectivity index (χ4v) is 2.22. The molecule has 1 aliphatic rings. The van der Waals surface area contributed by atoms with Gasteiger partial charge >= 0.3 is 0 Å². The molecular weight excluding hydrogens is 216 g/mol. The highest BCUT2D eigenvalue weighted by atomic mass is 16.3. The normalized spacial score (nSPS) is 26.2. The van der Waals surface area contributed by atoms with E-state index in [4.69, 9.17) is 0 Å². The largest absolute Gasteiger partial charge is 0.396 e. The highest BCUT2D eigenvalue weighted by Gasteiger charge is 2.26. The summed E-state index contributed by atoms with van der Waals surface area (Å²) >= 11 is 0. The summed E-state index contributed by atoms with van der Waals surface area (Å²) in [6.07, 6.45) is 3.28. The topological polar surface area (TPSA) is 61.4 Å². The van der Waals surface area contributed by atoms with Gasteiger partial charge in [0.1, 0.15) is 0 Å². The molecule has 0 aromatic rings. The first-order chi connectivity index (χ1) is 8.04. The predicted molar refractivity (Wildman–Crippen MR) is 68.7 cm³/mol. The van der Waals surface area contributed by atoms with E-state index >= 15 is 0 Å². The average molecular weight is 242 g/mol. The maximum absolute atomic E-state index is 11.7. The van der Waals surface area contributed by atoms with Crippen molar-refractivity contribution in [2.24, 2.45) is 11.8 Å². The Morgan fingerprint density at radius 3 is 2.65 bits per heavy atom. The summed E-state index contributed by atoms with van der Waals surface area (Å²) in [5.41, 5.74) is 0. The summed E-state index contributed by atoms with van der Waals surface area (Å²) in [6.45, 7) is 6.79. The fraction of sp³-hybridized carbons (Fsp3) is 0.923. The minimum Gasteiger partial charge on any atom is -0.396 e. The average Bonchev–Trinajstić information content (AvgIpc) is 2.73. The van der Waals surface area contributed by atoms with Crippen molar-refractivity contribution in [3.05, 3.63) is 0 Å². The van der Waals surface area contributed by atoms with Crippen LogP contribution in [-0.4, -0.2) is 36.2 Å². The van der Waals surface area contributed by atoms with Gasteiger partial charge in [-0.05, 0) is 31.6 Å². The van der Waals surface area contributed by atoms with Crippen LogP contribution in [0.3, 0.4) is 0 Å². The number of hydrogen-bond acceptors (Lipinski definition) is 3. The Labute approximate surface area is 104 Å². The number of carbonyl (C=O) groups excluding carboxylic acids is 1. The molecule has 0 spiro atoms. The molecule has 0 aliphatic heterocycles. The molecular formula is C13H26N2O2. The lowest BCUT2D eigenvalue weighted by atomic mass is 10.1. The van der Waals surface area contributed by atoms with Gasteiger partial charge in [-0.15, -0.1) is 0 Å². The monoisotopic (exact) mass is 242 g/mol. The van der Waals surface area contributed by atoms with Crippen LogP contribution in [-0.2, 0) is 4.79 Å². The van der Waals surface area contributed by atoms with Gasteiger partial charge in [-0.1, -0.05) is 20.3 Å². The van der Waals surface area contributed by atoms with E-state index in [1.165, 1.54) is 0 Å². The molecule has 3 unspecified atom stereocenters. The second-order valence-corrected chi connectivity index (χ2v) is 5.46. The van der Waals surface area contributed by atoms with Gasteiger partial charge in [-0.2, -0.15) is 0 Å². The first kappa shape index (κ1) is 14.5. The van der Waals surface area contributed by atoms with Crippen LogP contribution in [0, 0.1) is 11.8 Å². The van der Waals surface area contributed by atoms with Crippen molar-refractivity contribution in [3.8, 4) is 0 Å². The molecule has 4 nitrogen and oxygen atoms in total. The van der Waals surface area contributed by atoms with Crippen LogP contribution in [0.15, 0.2) is 0 Å². The molecule has 3 N–H and O–H groups in total. The second-order valence-electron chi connectivity index (χ2n) is 5.46. The Hall–Kier alpha value is -0.610. The molecule has 0 aromatic carbocycles. The Bertz CT molecular complexity index is 244. The molecule has 3 atom stereocenters. The molecule has 0 aromatic heterocycles. The highest BCUT2D eigenvalue weighted by Crippen LogP contribution is 2.24. The maximum atomic E-state index is 11.7. The third kappa shape index (κ3) is 4.64. The number of aliphatic hydroxyl groups is 1. The van der Waals surface area contributed by atoms with E-state index in [0.29, 0.717) is 24.4 Å². The van der Waals surface area contributed by atoms with Crippen LogP contribution >= 0.6 is 0 Å². The summed E-state index contributed by atoms with van der Waals surface area (Å²) in [5, 5.41) is 15.4. The van der Waals surface area contributed by atoms with E-state index in [1.54, 1.807) is 0 Å². The van der Waals surface area contributed by atoms with Gasteiger partial charge in [0.15, 0.2) is 0 Å². The van der Waals surface area contributed by atoms with E-state index in [1.807, 2.05) is 6.92 Å². The number of amides is 1. The number of carbonyl (C=O) groups is 1. The lowest BCUT2D eigenvalue weighted by molar-refractivity contribution is -0.121. The summed E-state index contributed by atoms with van der Waals surface area (Å²) in [7, 11) is 0. The Morgan fingerprint density at radius 1 is 1.35 bits per heavy atom. The first-order valence-electron chi connectivity index (χ1n) is 6.68. The molecule has 1 amide bonds. The van der Waals surface area contributed by atoms with Gasteiger partial charge in [-0.25, -0.2) is 0 Å². The molecule has 100 valence electrons. The summed E-state index contributed by atoms with van der Waals surface area (Å²) in [4.78, 5) is 11.7. The van der Waals surface area contributed by atoms with E-state index in [2.05, 4.69) is 24.5 Å². The number of hydrogen-bond donors (Lipinski definition) is 3. The molecule has 1 fully saturated rings. The third-order valence-corrected chi connectivity index (χ3v) is 3.81. The van der Waals surface area contributed by atoms with Crippen LogP contribution in [0.1, 0.15) is 40.0 Å². The molecule has 0 radical (unpaired) electrons. The Kier molecular flexibility index (Phi) is 5.92. The maximum Gasteiger partial charge on any atom is 0.234 e. The Morgan fingerprint density at radius 2 is 2.06 bits per heavy atom. The molecule has 4 heteroatoms. The van der Waals surface area contributed by atoms with Crippen LogP contribution in [0.2, 0.25) is 0 Å². The minimum absolute atomic E-state index is 0.0507. The van der Waals surface area contributed by atoms with Gasteiger partial charge in [0.05, 0.1) is 6.54 Å². The first-order valence-corrected chi connectivity index (χ1v) is 6.68. The zero-order valence-electron chi connectivity index (χ0n) is 11.2. The second kappa shape index (κ2) is 6.97. The van der Waals surface area contributed by atoms with Gasteiger partial charge in [0.25, 0.3) is 0 Å². The van der Waals surface area contributed by atoms with Crippen LogP contribution in [0.25, 0.3) is 0 Å². The third-order valence-electron chi connectivity index (χ3n) is 3.81. The van der Waals surface area contributed by atoms with Crippen molar-refractivity contribution in [3.63, 3.8) is 0 Å². The summed E-state index contributed by atoms with van der Waals surface area (Å²) in [5.74, 6) is 0.829. The standard InChI is InChI=1S/C13H26N2O2/c1-9(2)10(3)15-13(17)7-14-12-6-4-5-11(12)8-16/h9-12,14,16H,4-8H2,1-3H3,(H,15,17). The van der Waals surface area contributed by atoms with Crippen LogP contribution in [0.5, 0.6) is 0 Å². The van der Waals surface area contributed by atoms with Crippen molar-refractivity contribution >= 4 is 5.91 Å². The number of rotatable bonds is 6. The molecule has 1 aliphatic carbocycles. The number of nitrogens with one attached hydrogen (secondary N) is 2. The lowest BCUT2D eigenvalue weighted by Crippen LogP contribution is -2.45. The Balaban J connectivity index is 2.23. The highest BCUT2D eigenvalue weighted by molar-refractivity contribution is 5.78. The number of aliphatic hydroxyl groups excluding tert-OH is 1. The lowest BCUT2D eigenvalue weighted by Gasteiger charge is -2.21. The van der Waals surface area contributed by atoms with Crippen molar-refractivity contribution < 1.29 is 9.90 Å². The molecule has 0 bridgehead atoms. The van der Waals surface area contributed by atoms with Crippen molar-refractivity contribution in [1.29, 1.82) is 0 Å². The zero-order chi connectivity index (χ0) is 12.8. The minimum atomic E-state index is 0.0507. The van der Waals surface area contributed by atoms with E-state index in [0.717, 1.165) is 19.3 Å². The summed E-state index contributed by atoms with van der Waals surface area (Å²) < 4.78 is 0. The van der Waals surface area contributed by atoms with E-state index in [-0.39, 0.29) is 18.6 Å². The van der Waals surface area contributed by atoms with E-state index < -0.39 is 0 Å². The molecule has 1 saturated carbocycles.